The smallest absolute Gasteiger partial charge is 0.261 e. The number of anilines is 1. The molecule has 0 spiro atoms. The van der Waals surface area contributed by atoms with Crippen molar-refractivity contribution in [2.24, 2.45) is 0 Å². The number of ether oxygens (including phenoxy) is 1. The summed E-state index contributed by atoms with van der Waals surface area (Å²) in [4.78, 5) is 12.5. The summed E-state index contributed by atoms with van der Waals surface area (Å²) in [5, 5.41) is 2.94. The van der Waals surface area contributed by atoms with Gasteiger partial charge in [0, 0.05) is 19.5 Å². The highest BCUT2D eigenvalue weighted by Gasteiger charge is 2.30. The van der Waals surface area contributed by atoms with E-state index in [0.717, 1.165) is 19.3 Å². The fraction of sp³-hybridized carbons (Fsp3) is 0.526. The zero-order valence-corrected chi connectivity index (χ0v) is 15.9. The molecule has 6 nitrogen and oxygen atoms in total. The lowest BCUT2D eigenvalue weighted by molar-refractivity contribution is -0.128. The minimum absolute atomic E-state index is 0.188. The van der Waals surface area contributed by atoms with Crippen molar-refractivity contribution in [3.8, 4) is 5.75 Å². The first-order chi connectivity index (χ1) is 12.4. The summed E-state index contributed by atoms with van der Waals surface area (Å²) in [6, 6.07) is 6.94. The second-order valence-corrected chi connectivity index (χ2v) is 8.75. The van der Waals surface area contributed by atoms with E-state index in [1.54, 1.807) is 24.3 Å². The Hall–Kier alpha value is -2.02. The Morgan fingerprint density at radius 1 is 1.31 bits per heavy atom. The summed E-state index contributed by atoms with van der Waals surface area (Å²) in [6.45, 7) is 0.807. The first-order valence-corrected chi connectivity index (χ1v) is 11.0. The molecule has 0 saturated heterocycles. The van der Waals surface area contributed by atoms with Crippen molar-refractivity contribution in [3.05, 3.63) is 35.9 Å². The van der Waals surface area contributed by atoms with E-state index in [0.29, 0.717) is 24.4 Å². The maximum Gasteiger partial charge on any atom is 0.261 e. The average Bonchev–Trinajstić information content (AvgIpc) is 2.82. The monoisotopic (exact) mass is 378 g/mol. The van der Waals surface area contributed by atoms with Gasteiger partial charge >= 0.3 is 0 Å². The number of nitrogens with one attached hydrogen (secondary N) is 1. The van der Waals surface area contributed by atoms with Crippen LogP contribution >= 0.6 is 0 Å². The molecule has 0 aromatic heterocycles. The Morgan fingerprint density at radius 3 is 2.85 bits per heavy atom. The lowest BCUT2D eigenvalue weighted by Gasteiger charge is -2.20. The van der Waals surface area contributed by atoms with Crippen molar-refractivity contribution in [2.75, 3.05) is 23.7 Å². The second-order valence-electron chi connectivity index (χ2n) is 6.85. The number of sulfonamides is 1. The number of carbonyl (C=O) groups is 1. The van der Waals surface area contributed by atoms with Gasteiger partial charge in [0.2, 0.25) is 10.0 Å². The molecule has 1 unspecified atom stereocenters. The standard InChI is InChI=1S/C19H26N2O4S/c1-26(23,24)21-14-12-18(25-17-10-6-5-9-16(17)21)19(22)20-13-11-15-7-3-2-4-8-15/h5-7,9-10,18H,2-4,8,11-14H2,1H3,(H,20,22). The van der Waals surface area contributed by atoms with Gasteiger partial charge < -0.3 is 10.1 Å². The molecule has 0 bridgehead atoms. The highest BCUT2D eigenvalue weighted by molar-refractivity contribution is 7.92. The van der Waals surface area contributed by atoms with E-state index in [1.807, 2.05) is 0 Å². The van der Waals surface area contributed by atoms with E-state index in [2.05, 4.69) is 11.4 Å². The predicted octanol–water partition coefficient (Wildman–Crippen LogP) is 2.61. The third kappa shape index (κ3) is 4.58. The van der Waals surface area contributed by atoms with Crippen molar-refractivity contribution >= 4 is 21.6 Å². The van der Waals surface area contributed by atoms with Gasteiger partial charge in [0.25, 0.3) is 5.91 Å². The fourth-order valence-corrected chi connectivity index (χ4v) is 4.40. The van der Waals surface area contributed by atoms with Gasteiger partial charge in [-0.25, -0.2) is 8.42 Å². The number of nitrogens with zero attached hydrogens (tertiary/aromatic N) is 1. The maximum atomic E-state index is 12.5. The average molecular weight is 378 g/mol. The third-order valence-electron chi connectivity index (χ3n) is 4.82. The van der Waals surface area contributed by atoms with Gasteiger partial charge in [-0.2, -0.15) is 0 Å². The van der Waals surface area contributed by atoms with Gasteiger partial charge in [-0.05, 0) is 44.2 Å². The summed E-state index contributed by atoms with van der Waals surface area (Å²) in [7, 11) is -3.43. The van der Waals surface area contributed by atoms with Gasteiger partial charge in [0.05, 0.1) is 11.9 Å². The van der Waals surface area contributed by atoms with Crippen LogP contribution in [0.5, 0.6) is 5.75 Å². The van der Waals surface area contributed by atoms with E-state index in [-0.39, 0.29) is 12.5 Å². The first-order valence-electron chi connectivity index (χ1n) is 9.14. The molecule has 26 heavy (non-hydrogen) atoms. The molecule has 1 aliphatic carbocycles. The van der Waals surface area contributed by atoms with Crippen molar-refractivity contribution < 1.29 is 17.9 Å². The molecule has 1 amide bonds. The Kier molecular flexibility index (Phi) is 5.86. The predicted molar refractivity (Wildman–Crippen MR) is 102 cm³/mol. The minimum atomic E-state index is -3.43. The zero-order chi connectivity index (χ0) is 18.6. The van der Waals surface area contributed by atoms with Crippen LogP contribution in [0.4, 0.5) is 5.69 Å². The van der Waals surface area contributed by atoms with E-state index < -0.39 is 16.1 Å². The molecule has 0 fully saturated rings. The topological polar surface area (TPSA) is 75.7 Å². The molecule has 1 N–H and O–H groups in total. The Morgan fingerprint density at radius 2 is 2.12 bits per heavy atom. The number of carbonyl (C=O) groups excluding carboxylic acids is 1. The van der Waals surface area contributed by atoms with E-state index in [4.69, 9.17) is 4.74 Å². The molecular weight excluding hydrogens is 352 g/mol. The van der Waals surface area contributed by atoms with Crippen LogP contribution in [0.1, 0.15) is 38.5 Å². The molecule has 0 radical (unpaired) electrons. The molecule has 0 saturated carbocycles. The lowest BCUT2D eigenvalue weighted by Crippen LogP contribution is -2.40. The molecular formula is C19H26N2O4S. The molecule has 1 heterocycles. The number of para-hydroxylation sites is 2. The summed E-state index contributed by atoms with van der Waals surface area (Å²) in [5.41, 5.74) is 1.89. The molecule has 1 aromatic carbocycles. The van der Waals surface area contributed by atoms with Crippen molar-refractivity contribution in [3.63, 3.8) is 0 Å². The Bertz CT molecular complexity index is 788. The van der Waals surface area contributed by atoms with Crippen molar-refractivity contribution in [1.82, 2.24) is 5.32 Å². The van der Waals surface area contributed by atoms with Crippen LogP contribution in [0.25, 0.3) is 0 Å². The highest BCUT2D eigenvalue weighted by atomic mass is 32.2. The minimum Gasteiger partial charge on any atom is -0.478 e. The van der Waals surface area contributed by atoms with Gasteiger partial charge in [-0.15, -0.1) is 0 Å². The van der Waals surface area contributed by atoms with E-state index in [9.17, 15) is 13.2 Å². The summed E-state index contributed by atoms with van der Waals surface area (Å²) in [5.74, 6) is 0.233. The summed E-state index contributed by atoms with van der Waals surface area (Å²) in [6.07, 6.45) is 8.66. The molecule has 2 aliphatic rings. The maximum absolute atomic E-state index is 12.5. The van der Waals surface area contributed by atoms with Gasteiger partial charge in [0.1, 0.15) is 5.75 Å². The number of rotatable bonds is 5. The number of benzene rings is 1. The molecule has 3 rings (SSSR count). The highest BCUT2D eigenvalue weighted by Crippen LogP contribution is 2.33. The first kappa shape index (κ1) is 18.8. The lowest BCUT2D eigenvalue weighted by atomic mass is 9.97. The van der Waals surface area contributed by atoms with Crippen molar-refractivity contribution in [2.45, 2.75) is 44.6 Å². The molecule has 7 heteroatoms. The van der Waals surface area contributed by atoms with Crippen molar-refractivity contribution in [1.29, 1.82) is 0 Å². The van der Waals surface area contributed by atoms with Gasteiger partial charge in [-0.3, -0.25) is 9.10 Å². The fourth-order valence-electron chi connectivity index (χ4n) is 3.45. The van der Waals surface area contributed by atoms with Gasteiger partial charge in [0.15, 0.2) is 6.10 Å². The number of hydrogen-bond acceptors (Lipinski definition) is 4. The number of fused-ring (bicyclic) bond motifs is 1. The molecule has 1 atom stereocenters. The van der Waals surface area contributed by atoms with Crippen LogP contribution in [-0.4, -0.2) is 39.8 Å². The van der Waals surface area contributed by atoms with Crippen LogP contribution in [0.2, 0.25) is 0 Å². The largest absolute Gasteiger partial charge is 0.478 e. The quantitative estimate of drug-likeness (QED) is 0.799. The summed E-state index contributed by atoms with van der Waals surface area (Å²) < 4.78 is 31.3. The zero-order valence-electron chi connectivity index (χ0n) is 15.1. The van der Waals surface area contributed by atoms with Crippen LogP contribution in [0.3, 0.4) is 0 Å². The molecule has 1 aromatic rings. The SMILES string of the molecule is CS(=O)(=O)N1CCC(C(=O)NCCC2=CCCCC2)Oc2ccccc21. The molecule has 142 valence electrons. The van der Waals surface area contributed by atoms with E-state index in [1.165, 1.54) is 29.0 Å². The van der Waals surface area contributed by atoms with Crippen LogP contribution in [0.15, 0.2) is 35.9 Å². The third-order valence-corrected chi connectivity index (χ3v) is 6.00. The van der Waals surface area contributed by atoms with Crippen LogP contribution in [0, 0.1) is 0 Å². The number of amides is 1. The van der Waals surface area contributed by atoms with E-state index >= 15 is 0 Å². The van der Waals surface area contributed by atoms with Crippen LogP contribution < -0.4 is 14.4 Å². The molecule has 1 aliphatic heterocycles. The normalized spacial score (nSPS) is 20.4. The van der Waals surface area contributed by atoms with Crippen LogP contribution in [-0.2, 0) is 14.8 Å². The summed E-state index contributed by atoms with van der Waals surface area (Å²) >= 11 is 0. The number of allylic oxidation sites excluding steroid dienone is 1. The Balaban J connectivity index is 1.64. The second kappa shape index (κ2) is 8.12. The Labute approximate surface area is 155 Å². The number of hydrogen-bond donors (Lipinski definition) is 1. The van der Waals surface area contributed by atoms with Gasteiger partial charge in [-0.1, -0.05) is 23.8 Å².